The van der Waals surface area contributed by atoms with Crippen LogP contribution in [0.1, 0.15) is 37.4 Å². The topological polar surface area (TPSA) is 63.6 Å². The van der Waals surface area contributed by atoms with Gasteiger partial charge in [-0.2, -0.15) is 0 Å². The Morgan fingerprint density at radius 1 is 1.21 bits per heavy atom. The Labute approximate surface area is 203 Å². The van der Waals surface area contributed by atoms with Gasteiger partial charge in [0.1, 0.15) is 11.9 Å². The SMILES string of the molecule is CC(C)OCCCNC(=O)C1c2c(n(C)c3ccccc23)SCC(=O)N1Cc1ccc(F)cc1. The smallest absolute Gasteiger partial charge is 0.247 e. The number of carbonyl (C=O) groups is 2. The molecule has 8 heteroatoms. The van der Waals surface area contributed by atoms with Gasteiger partial charge >= 0.3 is 0 Å². The number of aromatic nitrogens is 1. The molecule has 1 atom stereocenters. The molecule has 0 spiro atoms. The molecule has 0 radical (unpaired) electrons. The predicted octanol–water partition coefficient (Wildman–Crippen LogP) is 4.42. The monoisotopic (exact) mass is 483 g/mol. The van der Waals surface area contributed by atoms with Gasteiger partial charge in [0, 0.05) is 43.2 Å². The number of aryl methyl sites for hydroxylation is 1. The number of rotatable bonds is 8. The zero-order valence-electron chi connectivity index (χ0n) is 19.7. The number of nitrogens with one attached hydrogen (secondary N) is 1. The highest BCUT2D eigenvalue weighted by Gasteiger charge is 2.38. The molecule has 0 saturated carbocycles. The number of hydrogen-bond donors (Lipinski definition) is 1. The lowest BCUT2D eigenvalue weighted by Crippen LogP contribution is -2.43. The minimum atomic E-state index is -0.792. The van der Waals surface area contributed by atoms with E-state index in [1.807, 2.05) is 45.2 Å². The van der Waals surface area contributed by atoms with Crippen LogP contribution in [0, 0.1) is 5.82 Å². The third kappa shape index (κ3) is 5.13. The number of para-hydroxylation sites is 1. The molecule has 180 valence electrons. The summed E-state index contributed by atoms with van der Waals surface area (Å²) in [7, 11) is 1.96. The highest BCUT2D eigenvalue weighted by atomic mass is 32.2. The van der Waals surface area contributed by atoms with Crippen LogP contribution in [0.4, 0.5) is 4.39 Å². The first-order valence-electron chi connectivity index (χ1n) is 11.5. The van der Waals surface area contributed by atoms with Crippen molar-refractivity contribution in [3.63, 3.8) is 0 Å². The van der Waals surface area contributed by atoms with E-state index >= 15 is 0 Å². The van der Waals surface area contributed by atoms with Gasteiger partial charge in [-0.15, -0.1) is 0 Å². The third-order valence-corrected chi connectivity index (χ3v) is 7.07. The Balaban J connectivity index is 1.70. The van der Waals surface area contributed by atoms with Gasteiger partial charge < -0.3 is 19.5 Å². The minimum absolute atomic E-state index is 0.127. The molecular formula is C26H30FN3O3S. The third-order valence-electron chi connectivity index (χ3n) is 5.91. The first kappa shape index (κ1) is 24.3. The van der Waals surface area contributed by atoms with Gasteiger partial charge in [-0.1, -0.05) is 42.1 Å². The minimum Gasteiger partial charge on any atom is -0.379 e. The van der Waals surface area contributed by atoms with E-state index in [1.165, 1.54) is 23.9 Å². The molecule has 4 rings (SSSR count). The maximum atomic E-state index is 13.6. The van der Waals surface area contributed by atoms with Crippen LogP contribution in [-0.2, 0) is 27.9 Å². The molecule has 3 aromatic rings. The summed E-state index contributed by atoms with van der Waals surface area (Å²) in [5.41, 5.74) is 2.62. The predicted molar refractivity (Wildman–Crippen MR) is 132 cm³/mol. The molecule has 0 fully saturated rings. The molecule has 1 aliphatic rings. The number of hydrogen-bond acceptors (Lipinski definition) is 4. The second-order valence-electron chi connectivity index (χ2n) is 8.70. The van der Waals surface area contributed by atoms with Crippen LogP contribution in [0.3, 0.4) is 0 Å². The van der Waals surface area contributed by atoms with Crippen molar-refractivity contribution >= 4 is 34.5 Å². The van der Waals surface area contributed by atoms with Crippen LogP contribution < -0.4 is 5.32 Å². The summed E-state index contributed by atoms with van der Waals surface area (Å²) in [5.74, 6) is -0.460. The van der Waals surface area contributed by atoms with Crippen molar-refractivity contribution in [3.05, 3.63) is 65.5 Å². The fraction of sp³-hybridized carbons (Fsp3) is 0.385. The van der Waals surface area contributed by atoms with E-state index in [0.29, 0.717) is 19.6 Å². The zero-order valence-corrected chi connectivity index (χ0v) is 20.5. The van der Waals surface area contributed by atoms with Crippen LogP contribution in [0.2, 0.25) is 0 Å². The molecule has 6 nitrogen and oxygen atoms in total. The molecule has 0 aliphatic carbocycles. The fourth-order valence-corrected chi connectivity index (χ4v) is 5.38. The number of fused-ring (bicyclic) bond motifs is 3. The van der Waals surface area contributed by atoms with Crippen LogP contribution in [0.5, 0.6) is 0 Å². The largest absolute Gasteiger partial charge is 0.379 e. The fourth-order valence-electron chi connectivity index (χ4n) is 4.29. The maximum absolute atomic E-state index is 13.6. The Morgan fingerprint density at radius 3 is 2.68 bits per heavy atom. The Morgan fingerprint density at radius 2 is 1.94 bits per heavy atom. The van der Waals surface area contributed by atoms with Crippen LogP contribution >= 0.6 is 11.8 Å². The number of nitrogens with zero attached hydrogens (tertiary/aromatic N) is 2. The second-order valence-corrected chi connectivity index (χ2v) is 9.66. The van der Waals surface area contributed by atoms with E-state index in [-0.39, 0.29) is 36.0 Å². The maximum Gasteiger partial charge on any atom is 0.247 e. The first-order valence-corrected chi connectivity index (χ1v) is 12.5. The van der Waals surface area contributed by atoms with Crippen molar-refractivity contribution in [3.8, 4) is 0 Å². The Bertz CT molecular complexity index is 1180. The number of carbonyl (C=O) groups excluding carboxylic acids is 2. The first-order chi connectivity index (χ1) is 16.4. The zero-order chi connectivity index (χ0) is 24.2. The average molecular weight is 484 g/mol. The summed E-state index contributed by atoms with van der Waals surface area (Å²) < 4.78 is 21.1. The lowest BCUT2D eigenvalue weighted by Gasteiger charge is -2.30. The quantitative estimate of drug-likeness (QED) is 0.482. The molecule has 1 aliphatic heterocycles. The molecule has 34 heavy (non-hydrogen) atoms. The van der Waals surface area contributed by atoms with Crippen molar-refractivity contribution in [2.24, 2.45) is 7.05 Å². The summed E-state index contributed by atoms with van der Waals surface area (Å²) in [6, 6.07) is 13.2. The van der Waals surface area contributed by atoms with Gasteiger partial charge in [-0.25, -0.2) is 4.39 Å². The molecule has 0 saturated heterocycles. The highest BCUT2D eigenvalue weighted by Crippen LogP contribution is 2.42. The van der Waals surface area contributed by atoms with Crippen molar-refractivity contribution in [1.29, 1.82) is 0 Å². The Hall–Kier alpha value is -2.84. The lowest BCUT2D eigenvalue weighted by atomic mass is 10.0. The highest BCUT2D eigenvalue weighted by molar-refractivity contribution is 8.00. The molecule has 0 bridgehead atoms. The van der Waals surface area contributed by atoms with Gasteiger partial charge in [0.2, 0.25) is 11.8 Å². The Kier molecular flexibility index (Phi) is 7.58. The molecule has 2 heterocycles. The number of benzene rings is 2. The van der Waals surface area contributed by atoms with E-state index in [9.17, 15) is 14.0 Å². The number of amides is 2. The van der Waals surface area contributed by atoms with Crippen molar-refractivity contribution in [1.82, 2.24) is 14.8 Å². The van der Waals surface area contributed by atoms with Crippen LogP contribution in [0.15, 0.2) is 53.6 Å². The van der Waals surface area contributed by atoms with Crippen LogP contribution in [-0.4, -0.2) is 46.3 Å². The van der Waals surface area contributed by atoms with Gasteiger partial charge in [0.15, 0.2) is 0 Å². The number of thioether (sulfide) groups is 1. The summed E-state index contributed by atoms with van der Waals surface area (Å²) in [5, 5.41) is 4.89. The van der Waals surface area contributed by atoms with E-state index in [4.69, 9.17) is 4.74 Å². The van der Waals surface area contributed by atoms with E-state index in [1.54, 1.807) is 17.0 Å². The van der Waals surface area contributed by atoms with E-state index < -0.39 is 6.04 Å². The lowest BCUT2D eigenvalue weighted by molar-refractivity contribution is -0.139. The van der Waals surface area contributed by atoms with Crippen molar-refractivity contribution < 1.29 is 18.7 Å². The summed E-state index contributed by atoms with van der Waals surface area (Å²) in [6.07, 6.45) is 0.816. The molecule has 1 aromatic heterocycles. The van der Waals surface area contributed by atoms with Gasteiger partial charge in [-0.3, -0.25) is 9.59 Å². The summed E-state index contributed by atoms with van der Waals surface area (Å²) >= 11 is 1.45. The molecule has 1 N–H and O–H groups in total. The van der Waals surface area contributed by atoms with Gasteiger partial charge in [-0.05, 0) is 44.0 Å². The molecule has 2 amide bonds. The normalized spacial score (nSPS) is 16.1. The van der Waals surface area contributed by atoms with E-state index in [0.717, 1.165) is 27.1 Å². The van der Waals surface area contributed by atoms with Gasteiger partial charge in [0.25, 0.3) is 0 Å². The van der Waals surface area contributed by atoms with Crippen LogP contribution in [0.25, 0.3) is 10.9 Å². The summed E-state index contributed by atoms with van der Waals surface area (Å²) in [6.45, 7) is 5.17. The summed E-state index contributed by atoms with van der Waals surface area (Å²) in [4.78, 5) is 28.6. The van der Waals surface area contributed by atoms with E-state index in [2.05, 4.69) is 9.88 Å². The average Bonchev–Trinajstić information content (AvgIpc) is 3.00. The molecular weight excluding hydrogens is 453 g/mol. The number of ether oxygens (including phenoxy) is 1. The van der Waals surface area contributed by atoms with Crippen molar-refractivity contribution in [2.75, 3.05) is 18.9 Å². The molecule has 2 aromatic carbocycles. The standard InChI is InChI=1S/C26H30FN3O3S/c1-17(2)33-14-6-13-28-25(32)24-23-20-7-4-5-8-21(20)29(3)26(23)34-16-22(31)30(24)15-18-9-11-19(27)12-10-18/h4-5,7-12,17,24H,6,13-16H2,1-3H3,(H,28,32). The van der Waals surface area contributed by atoms with Gasteiger partial charge in [0.05, 0.1) is 16.9 Å². The molecule has 1 unspecified atom stereocenters. The number of halogens is 1. The van der Waals surface area contributed by atoms with Crippen molar-refractivity contribution in [2.45, 2.75) is 44.0 Å². The second kappa shape index (κ2) is 10.6.